The molecule has 0 saturated carbocycles. The highest BCUT2D eigenvalue weighted by Gasteiger charge is 2.37. The molecule has 242 valence electrons. The predicted octanol–water partition coefficient (Wildman–Crippen LogP) is 13.1. The summed E-state index contributed by atoms with van der Waals surface area (Å²) in [5, 5.41) is 2.25. The molecule has 0 fully saturated rings. The lowest BCUT2D eigenvalue weighted by Crippen LogP contribution is -2.28. The number of allylic oxidation sites excluding steroid dienone is 2. The van der Waals surface area contributed by atoms with Crippen LogP contribution in [0.3, 0.4) is 0 Å². The van der Waals surface area contributed by atoms with E-state index in [1.54, 1.807) is 0 Å². The molecule has 1 aliphatic carbocycles. The third-order valence-corrected chi connectivity index (χ3v) is 10.4. The molecule has 7 aromatic carbocycles. The molecule has 3 heteroatoms. The van der Waals surface area contributed by atoms with Crippen LogP contribution in [0, 0.1) is 0 Å². The number of rotatable bonds is 6. The molecule has 0 spiro atoms. The third-order valence-electron chi connectivity index (χ3n) is 10.4. The van der Waals surface area contributed by atoms with Crippen LogP contribution in [-0.4, -0.2) is 6.04 Å². The van der Waals surface area contributed by atoms with Crippen LogP contribution >= 0.6 is 0 Å². The van der Waals surface area contributed by atoms with Crippen molar-refractivity contribution >= 4 is 50.4 Å². The Morgan fingerprint density at radius 1 is 0.451 bits per heavy atom. The monoisotopic (exact) mass is 654 g/mol. The lowest BCUT2D eigenvalue weighted by Gasteiger charge is -2.29. The molecule has 2 unspecified atom stereocenters. The molecular weight excluding hydrogens is 621 g/mol. The Bertz CT molecular complexity index is 2600. The van der Waals surface area contributed by atoms with Gasteiger partial charge in [-0.2, -0.15) is 0 Å². The van der Waals surface area contributed by atoms with Crippen molar-refractivity contribution in [3.05, 3.63) is 200 Å². The van der Waals surface area contributed by atoms with E-state index >= 15 is 0 Å². The molecule has 1 aliphatic heterocycles. The van der Waals surface area contributed by atoms with E-state index in [1.807, 2.05) is 12.1 Å². The van der Waals surface area contributed by atoms with Crippen molar-refractivity contribution < 1.29 is 4.42 Å². The second-order valence-electron chi connectivity index (χ2n) is 13.3. The highest BCUT2D eigenvalue weighted by Crippen LogP contribution is 2.48. The van der Waals surface area contributed by atoms with Crippen molar-refractivity contribution in [2.24, 2.45) is 0 Å². The second-order valence-corrected chi connectivity index (χ2v) is 13.3. The first-order chi connectivity index (χ1) is 25.3. The van der Waals surface area contributed by atoms with Crippen molar-refractivity contribution in [3.63, 3.8) is 0 Å². The van der Waals surface area contributed by atoms with E-state index < -0.39 is 0 Å². The lowest BCUT2D eigenvalue weighted by atomic mass is 9.91. The number of hydrogen-bond donors (Lipinski definition) is 0. The minimum absolute atomic E-state index is 0.274. The van der Waals surface area contributed by atoms with Gasteiger partial charge in [0.05, 0.1) is 6.04 Å². The van der Waals surface area contributed by atoms with Gasteiger partial charge in [0.1, 0.15) is 11.2 Å². The maximum Gasteiger partial charge on any atom is 0.137 e. The highest BCUT2D eigenvalue weighted by molar-refractivity contribution is 6.06. The Labute approximate surface area is 297 Å². The normalized spacial score (nSPS) is 16.0. The minimum Gasteiger partial charge on any atom is -0.456 e. The number of hydrogen-bond acceptors (Lipinski definition) is 3. The van der Waals surface area contributed by atoms with Gasteiger partial charge in [0.25, 0.3) is 0 Å². The van der Waals surface area contributed by atoms with E-state index in [-0.39, 0.29) is 6.04 Å². The summed E-state index contributed by atoms with van der Waals surface area (Å²) in [4.78, 5) is 4.80. The van der Waals surface area contributed by atoms with Gasteiger partial charge in [0, 0.05) is 51.2 Å². The summed E-state index contributed by atoms with van der Waals surface area (Å²) in [6.07, 6.45) is 9.01. The van der Waals surface area contributed by atoms with Crippen LogP contribution in [0.1, 0.15) is 11.5 Å². The summed E-state index contributed by atoms with van der Waals surface area (Å²) in [7, 11) is 0. The summed E-state index contributed by atoms with van der Waals surface area (Å²) in [5.41, 5.74) is 13.6. The first kappa shape index (κ1) is 29.3. The molecule has 0 radical (unpaired) electrons. The molecular formula is C48H34N2O. The fourth-order valence-electron chi connectivity index (χ4n) is 7.96. The zero-order valence-electron chi connectivity index (χ0n) is 27.9. The molecule has 10 rings (SSSR count). The van der Waals surface area contributed by atoms with Crippen LogP contribution < -0.4 is 9.80 Å². The van der Waals surface area contributed by atoms with Crippen LogP contribution in [0.5, 0.6) is 0 Å². The summed E-state index contributed by atoms with van der Waals surface area (Å²) in [6.45, 7) is 0. The van der Waals surface area contributed by atoms with E-state index in [4.69, 9.17) is 4.42 Å². The maximum atomic E-state index is 6.34. The van der Waals surface area contributed by atoms with Crippen LogP contribution in [0.25, 0.3) is 44.2 Å². The van der Waals surface area contributed by atoms with Crippen LogP contribution in [0.4, 0.5) is 28.4 Å². The molecule has 0 saturated heterocycles. The Hall–Kier alpha value is -6.58. The van der Waals surface area contributed by atoms with E-state index in [9.17, 15) is 0 Å². The number of nitrogens with zero attached hydrogens (tertiary/aromatic N) is 2. The van der Waals surface area contributed by atoms with Crippen LogP contribution in [-0.2, 0) is 0 Å². The predicted molar refractivity (Wildman–Crippen MR) is 213 cm³/mol. The van der Waals surface area contributed by atoms with Gasteiger partial charge < -0.3 is 14.2 Å². The maximum absolute atomic E-state index is 6.34. The summed E-state index contributed by atoms with van der Waals surface area (Å²) in [5.74, 6) is 0.362. The van der Waals surface area contributed by atoms with Gasteiger partial charge in [-0.3, -0.25) is 0 Å². The molecule has 3 nitrogen and oxygen atoms in total. The lowest BCUT2D eigenvalue weighted by molar-refractivity contribution is 0.669. The molecule has 0 bridgehead atoms. The van der Waals surface area contributed by atoms with Crippen LogP contribution in [0.2, 0.25) is 0 Å². The van der Waals surface area contributed by atoms with Crippen LogP contribution in [0.15, 0.2) is 199 Å². The molecule has 51 heavy (non-hydrogen) atoms. The SMILES string of the molecule is C1=CC2c3ccccc3N(c3cccc(-c4ccc(N(c5ccc(-c6ccccc6)cc5)c5ccc6c(c5)oc5ccccc56)cc4)c3)C2C=C1. The smallest absolute Gasteiger partial charge is 0.137 e. The van der Waals surface area contributed by atoms with Crippen molar-refractivity contribution in [2.45, 2.75) is 12.0 Å². The van der Waals surface area contributed by atoms with E-state index in [0.29, 0.717) is 5.92 Å². The minimum atomic E-state index is 0.274. The molecule has 2 atom stereocenters. The molecule has 1 aromatic heterocycles. The fraction of sp³-hybridized carbons (Fsp3) is 0.0417. The molecule has 8 aromatic rings. The Kier molecular flexibility index (Phi) is 6.95. The average Bonchev–Trinajstić information content (AvgIpc) is 3.74. The number of benzene rings is 7. The molecule has 0 N–H and O–H groups in total. The fourth-order valence-corrected chi connectivity index (χ4v) is 7.96. The largest absolute Gasteiger partial charge is 0.456 e. The van der Waals surface area contributed by atoms with Crippen molar-refractivity contribution in [1.82, 2.24) is 0 Å². The summed E-state index contributed by atoms with van der Waals surface area (Å²) >= 11 is 0. The first-order valence-electron chi connectivity index (χ1n) is 17.6. The highest BCUT2D eigenvalue weighted by atomic mass is 16.3. The zero-order valence-corrected chi connectivity index (χ0v) is 27.9. The first-order valence-corrected chi connectivity index (χ1v) is 17.6. The summed E-state index contributed by atoms with van der Waals surface area (Å²) in [6, 6.07) is 61.1. The zero-order chi connectivity index (χ0) is 33.7. The molecule has 2 aliphatic rings. The Morgan fingerprint density at radius 2 is 1.08 bits per heavy atom. The average molecular weight is 655 g/mol. The van der Waals surface area contributed by atoms with E-state index in [2.05, 4.69) is 192 Å². The van der Waals surface area contributed by atoms with Gasteiger partial charge in [-0.05, 0) is 88.5 Å². The van der Waals surface area contributed by atoms with Gasteiger partial charge in [0.15, 0.2) is 0 Å². The topological polar surface area (TPSA) is 19.6 Å². The van der Waals surface area contributed by atoms with Gasteiger partial charge in [-0.15, -0.1) is 0 Å². The summed E-state index contributed by atoms with van der Waals surface area (Å²) < 4.78 is 6.34. The standard InChI is InChI=1S/C48H34N2O/c1-2-11-33(12-3-1)34-21-25-37(26-22-34)49(40-29-30-44-43-17-6-9-20-47(43)51-48(44)32-40)38-27-23-35(24-28-38)36-13-10-14-39(31-36)50-45-18-7-4-15-41(45)42-16-5-8-19-46(42)50/h1-32,41,45H. The number of anilines is 5. The Morgan fingerprint density at radius 3 is 1.90 bits per heavy atom. The van der Waals surface area contributed by atoms with Gasteiger partial charge in [-0.25, -0.2) is 0 Å². The second kappa shape index (κ2) is 12.1. The number of para-hydroxylation sites is 2. The van der Waals surface area contributed by atoms with E-state index in [1.165, 1.54) is 39.2 Å². The Balaban J connectivity index is 1.03. The van der Waals surface area contributed by atoms with Gasteiger partial charge in [0.2, 0.25) is 0 Å². The third kappa shape index (κ3) is 5.05. The number of furan rings is 1. The van der Waals surface area contributed by atoms with Gasteiger partial charge in [-0.1, -0.05) is 127 Å². The molecule has 2 heterocycles. The van der Waals surface area contributed by atoms with Crippen molar-refractivity contribution in [1.29, 1.82) is 0 Å². The van der Waals surface area contributed by atoms with E-state index in [0.717, 1.165) is 39.0 Å². The molecule has 0 amide bonds. The quantitative estimate of drug-likeness (QED) is 0.178. The van der Waals surface area contributed by atoms with Crippen molar-refractivity contribution in [2.75, 3.05) is 9.80 Å². The van der Waals surface area contributed by atoms with Crippen molar-refractivity contribution in [3.8, 4) is 22.3 Å². The number of fused-ring (bicyclic) bond motifs is 6. The van der Waals surface area contributed by atoms with Gasteiger partial charge >= 0.3 is 0 Å².